The molecule has 3 aromatic rings. The lowest BCUT2D eigenvalue weighted by atomic mass is 9.83. The molecule has 0 atom stereocenters. The lowest BCUT2D eigenvalue weighted by molar-refractivity contribution is -0.117. The number of rotatable bonds is 5. The molecule has 2 N–H and O–H groups in total. The summed E-state index contributed by atoms with van der Waals surface area (Å²) in [5.41, 5.74) is 4.36. The zero-order valence-electron chi connectivity index (χ0n) is 16.7. The Bertz CT molecular complexity index is 1030. The Morgan fingerprint density at radius 2 is 1.83 bits per heavy atom. The van der Waals surface area contributed by atoms with E-state index >= 15 is 0 Å². The summed E-state index contributed by atoms with van der Waals surface area (Å²) in [6.45, 7) is 5.56. The molecule has 1 aliphatic carbocycles. The second-order valence-electron chi connectivity index (χ2n) is 7.82. The maximum atomic E-state index is 12.0. The minimum atomic E-state index is -0.225. The van der Waals surface area contributed by atoms with Crippen molar-refractivity contribution in [2.75, 3.05) is 0 Å². The first kappa shape index (κ1) is 19.2. The third-order valence-corrected chi connectivity index (χ3v) is 5.60. The highest BCUT2D eigenvalue weighted by Crippen LogP contribution is 2.37. The third-order valence-electron chi connectivity index (χ3n) is 5.60. The fourth-order valence-electron chi connectivity index (χ4n) is 3.95. The number of fused-ring (bicyclic) bond motifs is 1. The van der Waals surface area contributed by atoms with Crippen LogP contribution in [0.3, 0.4) is 0 Å². The molecule has 29 heavy (non-hydrogen) atoms. The van der Waals surface area contributed by atoms with Crippen LogP contribution in [0.4, 0.5) is 0 Å². The Morgan fingerprint density at radius 1 is 1.17 bits per heavy atom. The van der Waals surface area contributed by atoms with Gasteiger partial charge >= 0.3 is 0 Å². The van der Waals surface area contributed by atoms with Gasteiger partial charge in [0.1, 0.15) is 22.5 Å². The number of aromatic hydroxyl groups is 1. The van der Waals surface area contributed by atoms with Gasteiger partial charge in [-0.1, -0.05) is 38.0 Å². The second-order valence-corrected chi connectivity index (χ2v) is 7.82. The van der Waals surface area contributed by atoms with E-state index in [0.717, 1.165) is 23.9 Å². The number of phenols is 1. The van der Waals surface area contributed by atoms with Crippen LogP contribution in [0.1, 0.15) is 56.1 Å². The van der Waals surface area contributed by atoms with Gasteiger partial charge in [-0.15, -0.1) is 15.0 Å². The predicted octanol–water partition coefficient (Wildman–Crippen LogP) is 4.37. The van der Waals surface area contributed by atoms with Gasteiger partial charge in [0.25, 0.3) is 0 Å². The highest BCUT2D eigenvalue weighted by molar-refractivity contribution is 5.92. The van der Waals surface area contributed by atoms with Crippen molar-refractivity contribution in [3.05, 3.63) is 59.7 Å². The van der Waals surface area contributed by atoms with E-state index in [2.05, 4.69) is 22.1 Å². The summed E-state index contributed by atoms with van der Waals surface area (Å²) >= 11 is 0. The third kappa shape index (κ3) is 4.01. The van der Waals surface area contributed by atoms with Crippen molar-refractivity contribution in [2.24, 2.45) is 0 Å². The molecule has 0 radical (unpaired) electrons. The molecule has 1 heterocycles. The van der Waals surface area contributed by atoms with Crippen LogP contribution in [-0.2, 0) is 11.3 Å². The van der Waals surface area contributed by atoms with Gasteiger partial charge in [-0.2, -0.15) is 0 Å². The van der Waals surface area contributed by atoms with Crippen molar-refractivity contribution in [1.82, 2.24) is 20.3 Å². The monoisotopic (exact) mass is 390 g/mol. The first-order valence-corrected chi connectivity index (χ1v) is 10.1. The normalized spacial score (nSPS) is 14.8. The van der Waals surface area contributed by atoms with Crippen LogP contribution < -0.4 is 5.32 Å². The van der Waals surface area contributed by atoms with Gasteiger partial charge in [-0.3, -0.25) is 4.79 Å². The van der Waals surface area contributed by atoms with Crippen LogP contribution in [0.2, 0.25) is 0 Å². The Labute approximate surface area is 170 Å². The maximum absolute atomic E-state index is 12.0. The van der Waals surface area contributed by atoms with Gasteiger partial charge in [0.2, 0.25) is 5.91 Å². The first-order valence-electron chi connectivity index (χ1n) is 10.1. The zero-order valence-corrected chi connectivity index (χ0v) is 16.7. The van der Waals surface area contributed by atoms with E-state index in [4.69, 9.17) is 0 Å². The number of hydrogen-bond donors (Lipinski definition) is 2. The largest absolute Gasteiger partial charge is 0.505 e. The molecule has 0 saturated heterocycles. The molecule has 1 fully saturated rings. The highest BCUT2D eigenvalue weighted by atomic mass is 16.3. The average molecular weight is 390 g/mol. The SMILES string of the molecule is C=C(C)C(=O)NCc1cc(C2CCCCC2)cc(-n2nc3ccccc3n2)c1O. The minimum absolute atomic E-state index is 0.0897. The van der Waals surface area contributed by atoms with Crippen molar-refractivity contribution in [2.45, 2.75) is 51.5 Å². The summed E-state index contributed by atoms with van der Waals surface area (Å²) in [7, 11) is 0. The summed E-state index contributed by atoms with van der Waals surface area (Å²) < 4.78 is 0. The molecular formula is C23H26N4O2. The van der Waals surface area contributed by atoms with Gasteiger partial charge in [-0.25, -0.2) is 0 Å². The zero-order chi connectivity index (χ0) is 20.4. The molecular weight excluding hydrogens is 364 g/mol. The lowest BCUT2D eigenvalue weighted by Crippen LogP contribution is -2.23. The summed E-state index contributed by atoms with van der Waals surface area (Å²) in [4.78, 5) is 13.5. The van der Waals surface area contributed by atoms with Crippen LogP contribution in [0, 0.1) is 0 Å². The molecule has 1 aromatic heterocycles. The topological polar surface area (TPSA) is 80.0 Å². The number of benzene rings is 2. The van der Waals surface area contributed by atoms with Crippen molar-refractivity contribution < 1.29 is 9.90 Å². The summed E-state index contributed by atoms with van der Waals surface area (Å²) in [5.74, 6) is 0.313. The molecule has 1 amide bonds. The van der Waals surface area contributed by atoms with E-state index in [-0.39, 0.29) is 18.2 Å². The first-order chi connectivity index (χ1) is 14.0. The van der Waals surface area contributed by atoms with Gasteiger partial charge in [0, 0.05) is 17.7 Å². The highest BCUT2D eigenvalue weighted by Gasteiger charge is 2.21. The average Bonchev–Trinajstić information content (AvgIpc) is 3.17. The van der Waals surface area contributed by atoms with Crippen LogP contribution in [0.25, 0.3) is 16.7 Å². The number of carbonyl (C=O) groups is 1. The van der Waals surface area contributed by atoms with Gasteiger partial charge in [0.05, 0.1) is 0 Å². The molecule has 0 aliphatic heterocycles. The smallest absolute Gasteiger partial charge is 0.246 e. The molecule has 6 nitrogen and oxygen atoms in total. The van der Waals surface area contributed by atoms with Crippen LogP contribution in [-0.4, -0.2) is 26.0 Å². The van der Waals surface area contributed by atoms with Gasteiger partial charge in [-0.05, 0) is 55.5 Å². The standard InChI is InChI=1S/C23H26N4O2/c1-15(2)23(29)24-14-18-12-17(16-8-4-3-5-9-16)13-21(22(18)28)27-25-19-10-6-7-11-20(19)26-27/h6-7,10-13,16,28H,1,3-5,8-9,14H2,2H3,(H,24,29). The molecule has 150 valence electrons. The summed E-state index contributed by atoms with van der Waals surface area (Å²) in [5, 5.41) is 22.9. The van der Waals surface area contributed by atoms with Gasteiger partial charge < -0.3 is 10.4 Å². The van der Waals surface area contributed by atoms with Crippen LogP contribution in [0.5, 0.6) is 5.75 Å². The minimum Gasteiger partial charge on any atom is -0.505 e. The van der Waals surface area contributed by atoms with Gasteiger partial charge in [0.15, 0.2) is 0 Å². The van der Waals surface area contributed by atoms with Crippen LogP contribution >= 0.6 is 0 Å². The Kier molecular flexibility index (Phi) is 5.34. The molecule has 0 bridgehead atoms. The van der Waals surface area contributed by atoms with E-state index < -0.39 is 0 Å². The number of aromatic nitrogens is 3. The quantitative estimate of drug-likeness (QED) is 0.634. The van der Waals surface area contributed by atoms with Crippen molar-refractivity contribution in [1.29, 1.82) is 0 Å². The summed E-state index contributed by atoms with van der Waals surface area (Å²) in [6, 6.07) is 11.6. The van der Waals surface area contributed by atoms with E-state index in [1.807, 2.05) is 36.4 Å². The number of carbonyl (C=O) groups excluding carboxylic acids is 1. The van der Waals surface area contributed by atoms with Crippen molar-refractivity contribution in [3.8, 4) is 11.4 Å². The number of phenolic OH excluding ortho intramolecular Hbond substituents is 1. The molecule has 0 unspecified atom stereocenters. The van der Waals surface area contributed by atoms with E-state index in [1.165, 1.54) is 29.6 Å². The fraction of sp³-hybridized carbons (Fsp3) is 0.348. The summed E-state index contributed by atoms with van der Waals surface area (Å²) in [6.07, 6.45) is 5.97. The Hall–Kier alpha value is -3.15. The number of nitrogens with zero attached hydrogens (tertiary/aromatic N) is 3. The molecule has 2 aromatic carbocycles. The molecule has 6 heteroatoms. The van der Waals surface area contributed by atoms with E-state index in [0.29, 0.717) is 22.7 Å². The lowest BCUT2D eigenvalue weighted by Gasteiger charge is -2.23. The number of amides is 1. The maximum Gasteiger partial charge on any atom is 0.246 e. The number of hydrogen-bond acceptors (Lipinski definition) is 4. The van der Waals surface area contributed by atoms with Crippen LogP contribution in [0.15, 0.2) is 48.6 Å². The van der Waals surface area contributed by atoms with E-state index in [1.54, 1.807) is 6.92 Å². The predicted molar refractivity (Wildman–Crippen MR) is 113 cm³/mol. The molecule has 1 saturated carbocycles. The molecule has 4 rings (SSSR count). The Morgan fingerprint density at radius 3 is 2.45 bits per heavy atom. The molecule has 0 spiro atoms. The van der Waals surface area contributed by atoms with E-state index in [9.17, 15) is 9.90 Å². The fourth-order valence-corrected chi connectivity index (χ4v) is 3.95. The van der Waals surface area contributed by atoms with Crippen molar-refractivity contribution >= 4 is 16.9 Å². The number of nitrogens with one attached hydrogen (secondary N) is 1. The second kappa shape index (κ2) is 8.07. The molecule has 1 aliphatic rings. The Balaban J connectivity index is 1.76. The van der Waals surface area contributed by atoms with Crippen molar-refractivity contribution in [3.63, 3.8) is 0 Å².